The van der Waals surface area contributed by atoms with E-state index in [0.29, 0.717) is 5.69 Å². The molecule has 0 aliphatic rings. The van der Waals surface area contributed by atoms with E-state index in [0.717, 1.165) is 0 Å². The highest BCUT2D eigenvalue weighted by atomic mass is 19.1. The molecular weight excluding hydrogens is 183 g/mol. The number of nitrogens with two attached hydrogens (primary N) is 1. The largest absolute Gasteiger partial charge is 0.382 e. The van der Waals surface area contributed by atoms with Gasteiger partial charge in [0.25, 0.3) is 0 Å². The highest BCUT2D eigenvalue weighted by molar-refractivity contribution is 5.74. The predicted octanol–water partition coefficient (Wildman–Crippen LogP) is 1.50. The molecule has 0 fully saturated rings. The molecule has 1 rings (SSSR count). The number of hydrogen-bond acceptors (Lipinski definition) is 2. The Bertz CT molecular complexity index is 328. The Kier molecular flexibility index (Phi) is 3.45. The molecule has 1 amide bonds. The standard InChI is InChI=1S/C10H13FN2O/c1-7(5-10(12)14)13-9-4-2-3-8(11)6-9/h2-4,6-7,13H,5H2,1H3,(H2,12,14). The molecule has 76 valence electrons. The van der Waals surface area contributed by atoms with Crippen molar-refractivity contribution < 1.29 is 9.18 Å². The lowest BCUT2D eigenvalue weighted by Crippen LogP contribution is -2.23. The Morgan fingerprint density at radius 3 is 2.93 bits per heavy atom. The van der Waals surface area contributed by atoms with Crippen molar-refractivity contribution in [2.45, 2.75) is 19.4 Å². The van der Waals surface area contributed by atoms with Gasteiger partial charge >= 0.3 is 0 Å². The zero-order valence-corrected chi connectivity index (χ0v) is 7.96. The molecule has 0 saturated carbocycles. The van der Waals surface area contributed by atoms with Crippen molar-refractivity contribution in [2.75, 3.05) is 5.32 Å². The lowest BCUT2D eigenvalue weighted by Gasteiger charge is -2.13. The predicted molar refractivity (Wildman–Crippen MR) is 53.3 cm³/mol. The van der Waals surface area contributed by atoms with Crippen molar-refractivity contribution in [1.82, 2.24) is 0 Å². The maximum Gasteiger partial charge on any atom is 0.219 e. The van der Waals surface area contributed by atoms with Gasteiger partial charge in [0.05, 0.1) is 0 Å². The van der Waals surface area contributed by atoms with Gasteiger partial charge in [-0.3, -0.25) is 4.79 Å². The summed E-state index contributed by atoms with van der Waals surface area (Å²) in [5.41, 5.74) is 5.68. The summed E-state index contributed by atoms with van der Waals surface area (Å²) >= 11 is 0. The fourth-order valence-electron chi connectivity index (χ4n) is 1.22. The monoisotopic (exact) mass is 196 g/mol. The Morgan fingerprint density at radius 2 is 2.36 bits per heavy atom. The zero-order chi connectivity index (χ0) is 10.6. The number of primary amides is 1. The minimum Gasteiger partial charge on any atom is -0.382 e. The molecule has 3 N–H and O–H groups in total. The molecule has 0 aliphatic heterocycles. The highest BCUT2D eigenvalue weighted by Crippen LogP contribution is 2.11. The third-order valence-corrected chi connectivity index (χ3v) is 1.75. The Morgan fingerprint density at radius 1 is 1.64 bits per heavy atom. The second-order valence-electron chi connectivity index (χ2n) is 3.23. The Balaban J connectivity index is 2.55. The maximum absolute atomic E-state index is 12.7. The number of anilines is 1. The fourth-order valence-corrected chi connectivity index (χ4v) is 1.22. The summed E-state index contributed by atoms with van der Waals surface area (Å²) < 4.78 is 12.7. The Hall–Kier alpha value is -1.58. The van der Waals surface area contributed by atoms with E-state index in [1.165, 1.54) is 12.1 Å². The summed E-state index contributed by atoms with van der Waals surface area (Å²) in [6.07, 6.45) is 0.233. The van der Waals surface area contributed by atoms with Gasteiger partial charge in [0.15, 0.2) is 0 Å². The first-order chi connectivity index (χ1) is 6.58. The fraction of sp³-hybridized carbons (Fsp3) is 0.300. The average molecular weight is 196 g/mol. The van der Waals surface area contributed by atoms with Crippen molar-refractivity contribution in [3.63, 3.8) is 0 Å². The SMILES string of the molecule is CC(CC(N)=O)Nc1cccc(F)c1. The van der Waals surface area contributed by atoms with E-state index < -0.39 is 0 Å². The second-order valence-corrected chi connectivity index (χ2v) is 3.23. The summed E-state index contributed by atoms with van der Waals surface area (Å²) in [6.45, 7) is 1.82. The van der Waals surface area contributed by atoms with Gasteiger partial charge in [-0.1, -0.05) is 6.07 Å². The van der Waals surface area contributed by atoms with E-state index in [2.05, 4.69) is 5.32 Å². The summed E-state index contributed by atoms with van der Waals surface area (Å²) in [4.78, 5) is 10.6. The smallest absolute Gasteiger partial charge is 0.219 e. The first-order valence-corrected chi connectivity index (χ1v) is 4.38. The van der Waals surface area contributed by atoms with E-state index >= 15 is 0 Å². The van der Waals surface area contributed by atoms with Crippen LogP contribution in [0.15, 0.2) is 24.3 Å². The van der Waals surface area contributed by atoms with Crippen LogP contribution in [0.5, 0.6) is 0 Å². The van der Waals surface area contributed by atoms with Crippen LogP contribution >= 0.6 is 0 Å². The van der Waals surface area contributed by atoms with E-state index in [9.17, 15) is 9.18 Å². The second kappa shape index (κ2) is 4.60. The number of carbonyl (C=O) groups is 1. The minimum atomic E-state index is -0.374. The molecule has 4 heteroatoms. The van der Waals surface area contributed by atoms with Gasteiger partial charge in [0, 0.05) is 18.2 Å². The molecule has 14 heavy (non-hydrogen) atoms. The van der Waals surface area contributed by atoms with Crippen LogP contribution in [0.1, 0.15) is 13.3 Å². The van der Waals surface area contributed by atoms with Crippen LogP contribution in [-0.4, -0.2) is 11.9 Å². The molecular formula is C10H13FN2O. The van der Waals surface area contributed by atoms with Crippen molar-refractivity contribution >= 4 is 11.6 Å². The van der Waals surface area contributed by atoms with E-state index in [1.54, 1.807) is 12.1 Å². The molecule has 3 nitrogen and oxygen atoms in total. The number of halogens is 1. The Labute approximate surface area is 82.1 Å². The van der Waals surface area contributed by atoms with E-state index in [-0.39, 0.29) is 24.2 Å². The topological polar surface area (TPSA) is 55.1 Å². The van der Waals surface area contributed by atoms with Crippen molar-refractivity contribution in [3.05, 3.63) is 30.1 Å². The van der Waals surface area contributed by atoms with Crippen LogP contribution in [-0.2, 0) is 4.79 Å². The van der Waals surface area contributed by atoms with Gasteiger partial charge in [-0.2, -0.15) is 0 Å². The van der Waals surface area contributed by atoms with Crippen LogP contribution in [0, 0.1) is 5.82 Å². The van der Waals surface area contributed by atoms with Crippen LogP contribution in [0.2, 0.25) is 0 Å². The average Bonchev–Trinajstić information content (AvgIpc) is 2.01. The third-order valence-electron chi connectivity index (χ3n) is 1.75. The van der Waals surface area contributed by atoms with E-state index in [4.69, 9.17) is 5.73 Å². The molecule has 0 saturated heterocycles. The molecule has 1 aromatic rings. The summed E-state index contributed by atoms with van der Waals surface area (Å²) in [5.74, 6) is -0.678. The number of amides is 1. The lowest BCUT2D eigenvalue weighted by molar-refractivity contribution is -0.118. The molecule has 0 aromatic heterocycles. The van der Waals surface area contributed by atoms with E-state index in [1.807, 2.05) is 6.92 Å². The maximum atomic E-state index is 12.7. The number of rotatable bonds is 4. The van der Waals surface area contributed by atoms with Crippen LogP contribution in [0.25, 0.3) is 0 Å². The van der Waals surface area contributed by atoms with Crippen molar-refractivity contribution in [2.24, 2.45) is 5.73 Å². The van der Waals surface area contributed by atoms with Crippen molar-refractivity contribution in [1.29, 1.82) is 0 Å². The molecule has 1 unspecified atom stereocenters. The van der Waals surface area contributed by atoms with Gasteiger partial charge < -0.3 is 11.1 Å². The molecule has 0 heterocycles. The number of benzene rings is 1. The normalized spacial score (nSPS) is 12.1. The molecule has 1 aromatic carbocycles. The first-order valence-electron chi connectivity index (χ1n) is 4.38. The van der Waals surface area contributed by atoms with Crippen LogP contribution in [0.3, 0.4) is 0 Å². The lowest BCUT2D eigenvalue weighted by atomic mass is 10.2. The van der Waals surface area contributed by atoms with Crippen LogP contribution in [0.4, 0.5) is 10.1 Å². The van der Waals surface area contributed by atoms with Crippen LogP contribution < -0.4 is 11.1 Å². The molecule has 0 spiro atoms. The first kappa shape index (κ1) is 10.5. The quantitative estimate of drug-likeness (QED) is 0.766. The number of carbonyl (C=O) groups excluding carboxylic acids is 1. The summed E-state index contributed by atoms with van der Waals surface area (Å²) in [7, 11) is 0. The van der Waals surface area contributed by atoms with Crippen molar-refractivity contribution in [3.8, 4) is 0 Å². The molecule has 0 bridgehead atoms. The van der Waals surface area contributed by atoms with Gasteiger partial charge in [0.2, 0.25) is 5.91 Å². The molecule has 1 atom stereocenters. The third kappa shape index (κ3) is 3.43. The number of nitrogens with one attached hydrogen (secondary N) is 1. The summed E-state index contributed by atoms with van der Waals surface area (Å²) in [6, 6.07) is 5.99. The summed E-state index contributed by atoms with van der Waals surface area (Å²) in [5, 5.41) is 2.97. The van der Waals surface area contributed by atoms with Gasteiger partial charge in [-0.15, -0.1) is 0 Å². The highest BCUT2D eigenvalue weighted by Gasteiger charge is 2.05. The molecule has 0 aliphatic carbocycles. The van der Waals surface area contributed by atoms with Gasteiger partial charge in [-0.05, 0) is 25.1 Å². The van der Waals surface area contributed by atoms with Gasteiger partial charge in [0.1, 0.15) is 5.82 Å². The van der Waals surface area contributed by atoms with Gasteiger partial charge in [-0.25, -0.2) is 4.39 Å². The zero-order valence-electron chi connectivity index (χ0n) is 7.96. The minimum absolute atomic E-state index is 0.0886. The molecule has 0 radical (unpaired) electrons. The number of hydrogen-bond donors (Lipinski definition) is 2.